The molecule has 0 aliphatic rings. The summed E-state index contributed by atoms with van der Waals surface area (Å²) in [6.07, 6.45) is 0. The van der Waals surface area contributed by atoms with Gasteiger partial charge in [0.2, 0.25) is 5.76 Å². The molecule has 98 valence electrons. The van der Waals surface area contributed by atoms with E-state index in [1.54, 1.807) is 13.8 Å². The van der Waals surface area contributed by atoms with Crippen molar-refractivity contribution >= 4 is 17.7 Å². The van der Waals surface area contributed by atoms with Crippen LogP contribution in [0.15, 0.2) is 16.5 Å². The maximum absolute atomic E-state index is 11.6. The molecular weight excluding hydrogens is 238 g/mol. The predicted molar refractivity (Wildman–Crippen MR) is 62.2 cm³/mol. The van der Waals surface area contributed by atoms with E-state index >= 15 is 0 Å². The van der Waals surface area contributed by atoms with Crippen LogP contribution in [0.2, 0.25) is 0 Å². The maximum atomic E-state index is 11.6. The van der Waals surface area contributed by atoms with Gasteiger partial charge in [-0.1, -0.05) is 13.8 Å². The van der Waals surface area contributed by atoms with Crippen LogP contribution < -0.4 is 5.32 Å². The maximum Gasteiger partial charge on any atom is 0.373 e. The third-order valence-corrected chi connectivity index (χ3v) is 2.28. The standard InChI is InChI=1S/C12H15NO5/c1-7(2)8(14)6-13-11(15)9-4-5-10(18-9)12(16)17-3/h4-5,7H,6H2,1-3H3,(H,13,15). The number of rotatable bonds is 5. The molecule has 0 atom stereocenters. The molecule has 0 spiro atoms. The summed E-state index contributed by atoms with van der Waals surface area (Å²) in [5.74, 6) is -1.52. The van der Waals surface area contributed by atoms with Crippen molar-refractivity contribution in [3.8, 4) is 0 Å². The molecule has 0 saturated carbocycles. The summed E-state index contributed by atoms with van der Waals surface area (Å²) in [6, 6.07) is 2.69. The molecule has 1 aromatic heterocycles. The molecule has 6 nitrogen and oxygen atoms in total. The Kier molecular flexibility index (Phi) is 4.65. The van der Waals surface area contributed by atoms with Gasteiger partial charge in [-0.25, -0.2) is 4.79 Å². The van der Waals surface area contributed by atoms with Crippen molar-refractivity contribution in [2.24, 2.45) is 5.92 Å². The molecule has 0 unspecified atom stereocenters. The lowest BCUT2D eigenvalue weighted by Crippen LogP contribution is -2.31. The summed E-state index contributed by atoms with van der Waals surface area (Å²) in [7, 11) is 1.21. The van der Waals surface area contributed by atoms with Crippen molar-refractivity contribution in [1.82, 2.24) is 5.32 Å². The average Bonchev–Trinajstić information content (AvgIpc) is 2.83. The molecule has 1 amide bonds. The van der Waals surface area contributed by atoms with E-state index in [4.69, 9.17) is 4.42 Å². The highest BCUT2D eigenvalue weighted by atomic mass is 16.5. The summed E-state index contributed by atoms with van der Waals surface area (Å²) in [5, 5.41) is 2.42. The second-order valence-corrected chi connectivity index (χ2v) is 3.96. The number of nitrogens with one attached hydrogen (secondary N) is 1. The van der Waals surface area contributed by atoms with Crippen LogP contribution in [0.5, 0.6) is 0 Å². The Morgan fingerprint density at radius 1 is 1.28 bits per heavy atom. The summed E-state index contributed by atoms with van der Waals surface area (Å²) < 4.78 is 9.43. The Labute approximate surface area is 104 Å². The highest BCUT2D eigenvalue weighted by Crippen LogP contribution is 2.08. The number of carbonyl (C=O) groups is 3. The molecule has 0 aliphatic carbocycles. The van der Waals surface area contributed by atoms with Gasteiger partial charge in [-0.15, -0.1) is 0 Å². The lowest BCUT2D eigenvalue weighted by Gasteiger charge is -2.04. The lowest BCUT2D eigenvalue weighted by atomic mass is 10.1. The number of Topliss-reactive ketones (excluding diaryl/α,β-unsaturated/α-hetero) is 1. The number of esters is 1. The quantitative estimate of drug-likeness (QED) is 0.792. The van der Waals surface area contributed by atoms with Crippen LogP contribution in [0.3, 0.4) is 0 Å². The number of hydrogen-bond acceptors (Lipinski definition) is 5. The molecule has 0 saturated heterocycles. The average molecular weight is 253 g/mol. The number of carbonyl (C=O) groups excluding carboxylic acids is 3. The summed E-state index contributed by atoms with van der Waals surface area (Å²) >= 11 is 0. The van der Waals surface area contributed by atoms with E-state index in [0.717, 1.165) is 0 Å². The summed E-state index contributed by atoms with van der Waals surface area (Å²) in [5.41, 5.74) is 0. The molecule has 18 heavy (non-hydrogen) atoms. The van der Waals surface area contributed by atoms with Crippen LogP contribution in [-0.4, -0.2) is 31.3 Å². The van der Waals surface area contributed by atoms with Crippen molar-refractivity contribution in [2.45, 2.75) is 13.8 Å². The fraction of sp³-hybridized carbons (Fsp3) is 0.417. The number of furan rings is 1. The third-order valence-electron chi connectivity index (χ3n) is 2.28. The topological polar surface area (TPSA) is 85.6 Å². The molecule has 0 aliphatic heterocycles. The van der Waals surface area contributed by atoms with E-state index in [-0.39, 0.29) is 29.8 Å². The summed E-state index contributed by atoms with van der Waals surface area (Å²) in [6.45, 7) is 3.43. The van der Waals surface area contributed by atoms with Gasteiger partial charge in [0.15, 0.2) is 11.5 Å². The second-order valence-electron chi connectivity index (χ2n) is 3.96. The predicted octanol–water partition coefficient (Wildman–Crippen LogP) is 1.02. The van der Waals surface area contributed by atoms with E-state index < -0.39 is 11.9 Å². The lowest BCUT2D eigenvalue weighted by molar-refractivity contribution is -0.120. The molecule has 1 aromatic rings. The number of hydrogen-bond donors (Lipinski definition) is 1. The van der Waals surface area contributed by atoms with Gasteiger partial charge in [-0.3, -0.25) is 9.59 Å². The van der Waals surface area contributed by atoms with Gasteiger partial charge in [0, 0.05) is 5.92 Å². The normalized spacial score (nSPS) is 10.2. The van der Waals surface area contributed by atoms with E-state index in [9.17, 15) is 14.4 Å². The van der Waals surface area contributed by atoms with Gasteiger partial charge >= 0.3 is 5.97 Å². The van der Waals surface area contributed by atoms with Crippen molar-refractivity contribution in [2.75, 3.05) is 13.7 Å². The Balaban J connectivity index is 2.60. The minimum atomic E-state index is -0.660. The molecule has 0 fully saturated rings. The zero-order valence-corrected chi connectivity index (χ0v) is 10.5. The molecule has 1 N–H and O–H groups in total. The van der Waals surface area contributed by atoms with Gasteiger partial charge in [-0.2, -0.15) is 0 Å². The first-order valence-electron chi connectivity index (χ1n) is 5.44. The van der Waals surface area contributed by atoms with Crippen molar-refractivity contribution in [3.05, 3.63) is 23.7 Å². The largest absolute Gasteiger partial charge is 0.463 e. The minimum absolute atomic E-state index is 0.0352. The molecular formula is C12H15NO5. The van der Waals surface area contributed by atoms with E-state index in [1.807, 2.05) is 0 Å². The van der Waals surface area contributed by atoms with E-state index in [1.165, 1.54) is 19.2 Å². The van der Waals surface area contributed by atoms with Crippen LogP contribution in [0.1, 0.15) is 35.0 Å². The second kappa shape index (κ2) is 6.00. The zero-order valence-electron chi connectivity index (χ0n) is 10.5. The fourth-order valence-electron chi connectivity index (χ4n) is 1.13. The Hall–Kier alpha value is -2.11. The van der Waals surface area contributed by atoms with Crippen molar-refractivity contribution in [3.63, 3.8) is 0 Å². The summed E-state index contributed by atoms with van der Waals surface area (Å²) in [4.78, 5) is 34.0. The van der Waals surface area contributed by atoms with Crippen molar-refractivity contribution < 1.29 is 23.5 Å². The van der Waals surface area contributed by atoms with Crippen LogP contribution in [0.4, 0.5) is 0 Å². The molecule has 0 radical (unpaired) electrons. The fourth-order valence-corrected chi connectivity index (χ4v) is 1.13. The zero-order chi connectivity index (χ0) is 13.7. The number of ether oxygens (including phenoxy) is 1. The van der Waals surface area contributed by atoms with Gasteiger partial charge < -0.3 is 14.5 Å². The molecule has 1 heterocycles. The Morgan fingerprint density at radius 2 is 1.89 bits per heavy atom. The first kappa shape index (κ1) is 14.0. The highest BCUT2D eigenvalue weighted by Gasteiger charge is 2.17. The van der Waals surface area contributed by atoms with Crippen LogP contribution in [-0.2, 0) is 9.53 Å². The smallest absolute Gasteiger partial charge is 0.373 e. The molecule has 1 rings (SSSR count). The SMILES string of the molecule is COC(=O)c1ccc(C(=O)NCC(=O)C(C)C)o1. The number of ketones is 1. The monoisotopic (exact) mass is 253 g/mol. The van der Waals surface area contributed by atoms with E-state index in [0.29, 0.717) is 0 Å². The molecule has 0 bridgehead atoms. The van der Waals surface area contributed by atoms with Crippen molar-refractivity contribution in [1.29, 1.82) is 0 Å². The van der Waals surface area contributed by atoms with Gasteiger partial charge in [0.05, 0.1) is 13.7 Å². The first-order valence-corrected chi connectivity index (χ1v) is 5.44. The molecule has 0 aromatic carbocycles. The highest BCUT2D eigenvalue weighted by molar-refractivity contribution is 5.96. The van der Waals surface area contributed by atoms with Crippen LogP contribution >= 0.6 is 0 Å². The minimum Gasteiger partial charge on any atom is -0.463 e. The van der Waals surface area contributed by atoms with Crippen LogP contribution in [0, 0.1) is 5.92 Å². The molecule has 6 heteroatoms. The van der Waals surface area contributed by atoms with Crippen LogP contribution in [0.25, 0.3) is 0 Å². The third kappa shape index (κ3) is 3.44. The Morgan fingerprint density at radius 3 is 2.44 bits per heavy atom. The Bertz CT molecular complexity index is 461. The van der Waals surface area contributed by atoms with E-state index in [2.05, 4.69) is 10.1 Å². The van der Waals surface area contributed by atoms with Gasteiger partial charge in [0.25, 0.3) is 5.91 Å². The number of amides is 1. The first-order chi connectivity index (χ1) is 8.45. The number of methoxy groups -OCH3 is 1. The van der Waals surface area contributed by atoms with Gasteiger partial charge in [0.1, 0.15) is 0 Å². The van der Waals surface area contributed by atoms with Gasteiger partial charge in [-0.05, 0) is 12.1 Å².